The maximum Gasteiger partial charge on any atom is 0.235 e. The highest BCUT2D eigenvalue weighted by atomic mass is 16.5. The molecule has 1 rings (SSSR count). The van der Waals surface area contributed by atoms with Crippen molar-refractivity contribution in [2.24, 2.45) is 0 Å². The predicted molar refractivity (Wildman–Crippen MR) is 48.4 cm³/mol. The first-order valence-electron chi connectivity index (χ1n) is 4.50. The van der Waals surface area contributed by atoms with Crippen molar-refractivity contribution in [1.82, 2.24) is 9.78 Å². The molecular weight excluding hydrogens is 152 g/mol. The normalized spacial score (nSPS) is 10.2. The quantitative estimate of drug-likeness (QED) is 0.686. The minimum Gasteiger partial charge on any atom is -0.477 e. The molecule has 0 aliphatic rings. The molecule has 0 aliphatic heterocycles. The van der Waals surface area contributed by atoms with Crippen molar-refractivity contribution in [3.63, 3.8) is 0 Å². The van der Waals surface area contributed by atoms with Crippen LogP contribution in [0.5, 0.6) is 5.88 Å². The van der Waals surface area contributed by atoms with Gasteiger partial charge in [0.25, 0.3) is 0 Å². The Morgan fingerprint density at radius 3 is 2.67 bits per heavy atom. The molecule has 0 unspecified atom stereocenters. The van der Waals surface area contributed by atoms with Gasteiger partial charge in [0.15, 0.2) is 0 Å². The van der Waals surface area contributed by atoms with Crippen LogP contribution in [-0.4, -0.2) is 16.4 Å². The molecule has 68 valence electrons. The summed E-state index contributed by atoms with van der Waals surface area (Å²) in [5.41, 5.74) is 1.19. The Bertz CT molecular complexity index is 243. The number of hydrogen-bond donors (Lipinski definition) is 0. The molecule has 0 aliphatic carbocycles. The average molecular weight is 168 g/mol. The molecule has 3 heteroatoms. The molecule has 12 heavy (non-hydrogen) atoms. The van der Waals surface area contributed by atoms with E-state index in [0.29, 0.717) is 6.61 Å². The summed E-state index contributed by atoms with van der Waals surface area (Å²) in [5.74, 6) is 0.793. The van der Waals surface area contributed by atoms with E-state index in [1.165, 1.54) is 5.56 Å². The highest BCUT2D eigenvalue weighted by molar-refractivity contribution is 5.22. The zero-order valence-corrected chi connectivity index (χ0v) is 8.00. The summed E-state index contributed by atoms with van der Waals surface area (Å²) in [6.45, 7) is 7.75. The minimum atomic E-state index is 0.688. The van der Waals surface area contributed by atoms with E-state index >= 15 is 0 Å². The van der Waals surface area contributed by atoms with Crippen molar-refractivity contribution in [2.45, 2.75) is 33.7 Å². The molecule has 0 aromatic carbocycles. The van der Waals surface area contributed by atoms with Crippen LogP contribution in [0.15, 0.2) is 6.20 Å². The van der Waals surface area contributed by atoms with E-state index in [1.807, 2.05) is 17.8 Å². The van der Waals surface area contributed by atoms with Crippen LogP contribution in [0.1, 0.15) is 26.3 Å². The monoisotopic (exact) mass is 168 g/mol. The average Bonchev–Trinajstić information content (AvgIpc) is 2.48. The summed E-state index contributed by atoms with van der Waals surface area (Å²) in [5, 5.41) is 4.28. The van der Waals surface area contributed by atoms with Crippen molar-refractivity contribution in [3.8, 4) is 5.88 Å². The van der Waals surface area contributed by atoms with Gasteiger partial charge in [-0.3, -0.25) is 4.68 Å². The smallest absolute Gasteiger partial charge is 0.235 e. The lowest BCUT2D eigenvalue weighted by atomic mass is 10.3. The van der Waals surface area contributed by atoms with Crippen LogP contribution >= 0.6 is 0 Å². The topological polar surface area (TPSA) is 27.1 Å². The van der Waals surface area contributed by atoms with Gasteiger partial charge in [-0.15, -0.1) is 5.10 Å². The Morgan fingerprint density at radius 2 is 2.17 bits per heavy atom. The third-order valence-electron chi connectivity index (χ3n) is 1.78. The number of rotatable bonds is 4. The summed E-state index contributed by atoms with van der Waals surface area (Å²) >= 11 is 0. The standard InChI is InChI=1S/C9H16N2O/c1-4-8-7-11(5-2)10-9(8)12-6-3/h7H,4-6H2,1-3H3. The van der Waals surface area contributed by atoms with E-state index in [9.17, 15) is 0 Å². The zero-order chi connectivity index (χ0) is 8.97. The first kappa shape index (κ1) is 9.10. The minimum absolute atomic E-state index is 0.688. The van der Waals surface area contributed by atoms with Gasteiger partial charge in [0.1, 0.15) is 0 Å². The third-order valence-corrected chi connectivity index (χ3v) is 1.78. The molecule has 0 amide bonds. The molecule has 0 radical (unpaired) electrons. The van der Waals surface area contributed by atoms with E-state index in [0.717, 1.165) is 18.8 Å². The van der Waals surface area contributed by atoms with Crippen LogP contribution in [0.25, 0.3) is 0 Å². The number of hydrogen-bond acceptors (Lipinski definition) is 2. The largest absolute Gasteiger partial charge is 0.477 e. The van der Waals surface area contributed by atoms with Gasteiger partial charge in [-0.05, 0) is 20.3 Å². The molecule has 1 heterocycles. The first-order chi connectivity index (χ1) is 5.81. The van der Waals surface area contributed by atoms with Gasteiger partial charge in [-0.1, -0.05) is 6.92 Å². The predicted octanol–water partition coefficient (Wildman–Crippen LogP) is 1.86. The fraction of sp³-hybridized carbons (Fsp3) is 0.667. The van der Waals surface area contributed by atoms with Crippen molar-refractivity contribution >= 4 is 0 Å². The van der Waals surface area contributed by atoms with Crippen molar-refractivity contribution < 1.29 is 4.74 Å². The summed E-state index contributed by atoms with van der Waals surface area (Å²) in [6.07, 6.45) is 3.03. The highest BCUT2D eigenvalue weighted by Gasteiger charge is 2.06. The van der Waals surface area contributed by atoms with Gasteiger partial charge >= 0.3 is 0 Å². The Morgan fingerprint density at radius 1 is 1.42 bits per heavy atom. The Labute approximate surface area is 73.3 Å². The molecule has 1 aromatic heterocycles. The summed E-state index contributed by atoms with van der Waals surface area (Å²) in [6, 6.07) is 0. The second-order valence-electron chi connectivity index (χ2n) is 2.60. The Balaban J connectivity index is 2.84. The molecule has 0 atom stereocenters. The number of ether oxygens (including phenoxy) is 1. The molecule has 3 nitrogen and oxygen atoms in total. The van der Waals surface area contributed by atoms with Crippen LogP contribution < -0.4 is 4.74 Å². The number of aromatic nitrogens is 2. The molecule has 0 saturated carbocycles. The second-order valence-corrected chi connectivity index (χ2v) is 2.60. The number of aryl methyl sites for hydroxylation is 2. The zero-order valence-electron chi connectivity index (χ0n) is 8.00. The van der Waals surface area contributed by atoms with Gasteiger partial charge in [0.2, 0.25) is 5.88 Å². The van der Waals surface area contributed by atoms with E-state index < -0.39 is 0 Å². The van der Waals surface area contributed by atoms with Gasteiger partial charge in [0.05, 0.1) is 6.61 Å². The van der Waals surface area contributed by atoms with Gasteiger partial charge < -0.3 is 4.74 Å². The van der Waals surface area contributed by atoms with Gasteiger partial charge in [0, 0.05) is 18.3 Å². The van der Waals surface area contributed by atoms with Crippen molar-refractivity contribution in [3.05, 3.63) is 11.8 Å². The number of nitrogens with zero attached hydrogens (tertiary/aromatic N) is 2. The Hall–Kier alpha value is -0.990. The molecule has 0 fully saturated rings. The molecule has 1 aromatic rings. The third kappa shape index (κ3) is 1.78. The lowest BCUT2D eigenvalue weighted by molar-refractivity contribution is 0.319. The summed E-state index contributed by atoms with van der Waals surface area (Å²) in [7, 11) is 0. The summed E-state index contributed by atoms with van der Waals surface area (Å²) < 4.78 is 7.28. The maximum absolute atomic E-state index is 5.38. The maximum atomic E-state index is 5.38. The van der Waals surface area contributed by atoms with Crippen LogP contribution in [0.3, 0.4) is 0 Å². The van der Waals surface area contributed by atoms with Crippen LogP contribution in [0.2, 0.25) is 0 Å². The van der Waals surface area contributed by atoms with Gasteiger partial charge in [-0.2, -0.15) is 0 Å². The molecule has 0 spiro atoms. The van der Waals surface area contributed by atoms with Crippen molar-refractivity contribution in [2.75, 3.05) is 6.61 Å². The first-order valence-corrected chi connectivity index (χ1v) is 4.50. The van der Waals surface area contributed by atoms with E-state index in [4.69, 9.17) is 4.74 Å². The molecule has 0 N–H and O–H groups in total. The SMILES string of the molecule is CCOc1nn(CC)cc1CC. The van der Waals surface area contributed by atoms with E-state index in [-0.39, 0.29) is 0 Å². The van der Waals surface area contributed by atoms with Crippen LogP contribution in [-0.2, 0) is 13.0 Å². The Kier molecular flexibility index (Phi) is 3.14. The molecule has 0 saturated heterocycles. The highest BCUT2D eigenvalue weighted by Crippen LogP contribution is 2.15. The summed E-state index contributed by atoms with van der Waals surface area (Å²) in [4.78, 5) is 0. The van der Waals surface area contributed by atoms with Crippen molar-refractivity contribution in [1.29, 1.82) is 0 Å². The van der Waals surface area contributed by atoms with Crippen LogP contribution in [0.4, 0.5) is 0 Å². The lowest BCUT2D eigenvalue weighted by Gasteiger charge is -1.98. The van der Waals surface area contributed by atoms with Gasteiger partial charge in [-0.25, -0.2) is 0 Å². The fourth-order valence-corrected chi connectivity index (χ4v) is 1.11. The molecule has 0 bridgehead atoms. The van der Waals surface area contributed by atoms with E-state index in [1.54, 1.807) is 0 Å². The fourth-order valence-electron chi connectivity index (χ4n) is 1.11. The van der Waals surface area contributed by atoms with E-state index in [2.05, 4.69) is 18.9 Å². The second kappa shape index (κ2) is 4.14. The van der Waals surface area contributed by atoms with Crippen LogP contribution in [0, 0.1) is 0 Å². The molecular formula is C9H16N2O. The lowest BCUT2D eigenvalue weighted by Crippen LogP contribution is -1.97.